The lowest BCUT2D eigenvalue weighted by Gasteiger charge is -2.30. The molecular formula is C23H28N4O3. The largest absolute Gasteiger partial charge is 0.380 e. The summed E-state index contributed by atoms with van der Waals surface area (Å²) in [5.74, 6) is -0.448. The van der Waals surface area contributed by atoms with Crippen LogP contribution in [0.1, 0.15) is 30.7 Å². The van der Waals surface area contributed by atoms with Gasteiger partial charge in [0.1, 0.15) is 12.6 Å². The van der Waals surface area contributed by atoms with E-state index in [4.69, 9.17) is 4.74 Å². The Kier molecular flexibility index (Phi) is 5.47. The van der Waals surface area contributed by atoms with Gasteiger partial charge < -0.3 is 20.3 Å². The molecule has 0 spiro atoms. The lowest BCUT2D eigenvalue weighted by Crippen LogP contribution is -2.54. The Morgan fingerprint density at radius 3 is 2.80 bits per heavy atom. The van der Waals surface area contributed by atoms with Crippen LogP contribution in [-0.4, -0.2) is 54.0 Å². The molecule has 1 aromatic heterocycles. The quantitative estimate of drug-likeness (QED) is 0.789. The molecule has 1 aliphatic carbocycles. The van der Waals surface area contributed by atoms with E-state index in [0.29, 0.717) is 12.6 Å². The summed E-state index contributed by atoms with van der Waals surface area (Å²) in [6.45, 7) is 5.11. The Labute approximate surface area is 176 Å². The smallest absolute Gasteiger partial charge is 0.247 e. The van der Waals surface area contributed by atoms with Crippen LogP contribution in [0.15, 0.2) is 42.6 Å². The van der Waals surface area contributed by atoms with Crippen molar-refractivity contribution >= 4 is 17.5 Å². The number of hydrogen-bond donors (Lipinski definition) is 2. The van der Waals surface area contributed by atoms with E-state index in [1.165, 1.54) is 11.1 Å². The van der Waals surface area contributed by atoms with E-state index >= 15 is 0 Å². The third-order valence-electron chi connectivity index (χ3n) is 6.10. The molecule has 4 rings (SSSR count). The number of pyridine rings is 1. The molecule has 7 nitrogen and oxygen atoms in total. The summed E-state index contributed by atoms with van der Waals surface area (Å²) < 4.78 is 5.15. The zero-order valence-electron chi connectivity index (χ0n) is 17.6. The molecule has 158 valence electrons. The minimum Gasteiger partial charge on any atom is -0.380 e. The van der Waals surface area contributed by atoms with Crippen molar-refractivity contribution in [3.63, 3.8) is 0 Å². The van der Waals surface area contributed by atoms with E-state index in [0.717, 1.165) is 17.8 Å². The minimum absolute atomic E-state index is 0.00634. The number of hydrogen-bond acceptors (Lipinski definition) is 5. The summed E-state index contributed by atoms with van der Waals surface area (Å²) in [6.07, 6.45) is 2.80. The van der Waals surface area contributed by atoms with Crippen molar-refractivity contribution in [1.82, 2.24) is 15.2 Å². The van der Waals surface area contributed by atoms with Crippen molar-refractivity contribution in [3.05, 3.63) is 59.4 Å². The van der Waals surface area contributed by atoms with E-state index in [9.17, 15) is 9.59 Å². The summed E-state index contributed by atoms with van der Waals surface area (Å²) in [5, 5.41) is 6.29. The van der Waals surface area contributed by atoms with Crippen LogP contribution in [0.4, 0.5) is 5.69 Å². The molecule has 2 amide bonds. The molecule has 2 N–H and O–H groups in total. The van der Waals surface area contributed by atoms with Crippen molar-refractivity contribution in [2.45, 2.75) is 44.3 Å². The Hall–Kier alpha value is -2.93. The zero-order valence-corrected chi connectivity index (χ0v) is 17.6. The Bertz CT molecular complexity index is 942. The van der Waals surface area contributed by atoms with Gasteiger partial charge in [0, 0.05) is 18.5 Å². The number of anilines is 1. The fraction of sp³-hybridized carbons (Fsp3) is 0.435. The van der Waals surface area contributed by atoms with Gasteiger partial charge in [0.25, 0.3) is 0 Å². The summed E-state index contributed by atoms with van der Waals surface area (Å²) in [4.78, 5) is 30.0. The van der Waals surface area contributed by atoms with Crippen LogP contribution in [0.25, 0.3) is 0 Å². The van der Waals surface area contributed by atoms with E-state index in [1.54, 1.807) is 11.9 Å². The maximum Gasteiger partial charge on any atom is 0.247 e. The molecule has 1 saturated heterocycles. The van der Waals surface area contributed by atoms with Gasteiger partial charge in [0.05, 0.1) is 30.7 Å². The highest BCUT2D eigenvalue weighted by Crippen LogP contribution is 2.39. The number of carbonyl (C=O) groups is 2. The van der Waals surface area contributed by atoms with Crippen LogP contribution in [0.5, 0.6) is 0 Å². The Balaban J connectivity index is 1.37. The number of rotatable bonds is 5. The first-order valence-corrected chi connectivity index (χ1v) is 10.3. The van der Waals surface area contributed by atoms with Gasteiger partial charge >= 0.3 is 0 Å². The van der Waals surface area contributed by atoms with Gasteiger partial charge in [-0.3, -0.25) is 14.6 Å². The Morgan fingerprint density at radius 1 is 1.30 bits per heavy atom. The van der Waals surface area contributed by atoms with Crippen LogP contribution in [0.2, 0.25) is 0 Å². The van der Waals surface area contributed by atoms with Crippen LogP contribution >= 0.6 is 0 Å². The van der Waals surface area contributed by atoms with Crippen molar-refractivity contribution in [3.8, 4) is 0 Å². The lowest BCUT2D eigenvalue weighted by molar-refractivity contribution is -0.143. The normalized spacial score (nSPS) is 22.2. The predicted molar refractivity (Wildman–Crippen MR) is 114 cm³/mol. The highest BCUT2D eigenvalue weighted by molar-refractivity contribution is 5.88. The molecule has 0 saturated carbocycles. The molecule has 7 heteroatoms. The maximum atomic E-state index is 12.5. The summed E-state index contributed by atoms with van der Waals surface area (Å²) >= 11 is 0. The minimum atomic E-state index is -0.636. The van der Waals surface area contributed by atoms with E-state index in [-0.39, 0.29) is 30.4 Å². The van der Waals surface area contributed by atoms with E-state index in [1.807, 2.05) is 18.3 Å². The molecule has 1 aromatic carbocycles. The van der Waals surface area contributed by atoms with Gasteiger partial charge in [-0.05, 0) is 29.7 Å². The van der Waals surface area contributed by atoms with Crippen molar-refractivity contribution in [1.29, 1.82) is 0 Å². The number of nitrogens with one attached hydrogen (secondary N) is 2. The second-order valence-corrected chi connectivity index (χ2v) is 8.65. The molecular weight excluding hydrogens is 380 g/mol. The number of aromatic nitrogens is 1. The Morgan fingerprint density at radius 2 is 2.10 bits per heavy atom. The molecule has 2 aliphatic rings. The number of amides is 2. The van der Waals surface area contributed by atoms with Gasteiger partial charge in [-0.1, -0.05) is 38.1 Å². The molecule has 0 radical (unpaired) electrons. The second kappa shape index (κ2) is 8.07. The summed E-state index contributed by atoms with van der Waals surface area (Å²) in [7, 11) is 1.70. The number of likely N-dealkylation sites (N-methyl/N-ethyl adjacent to an activating group) is 1. The fourth-order valence-corrected chi connectivity index (χ4v) is 4.29. The zero-order chi connectivity index (χ0) is 21.3. The van der Waals surface area contributed by atoms with Crippen molar-refractivity contribution < 1.29 is 14.3 Å². The molecule has 2 heterocycles. The molecule has 0 bridgehead atoms. The van der Waals surface area contributed by atoms with Gasteiger partial charge in [-0.25, -0.2) is 0 Å². The first-order chi connectivity index (χ1) is 14.3. The van der Waals surface area contributed by atoms with Gasteiger partial charge in [-0.2, -0.15) is 0 Å². The highest BCUT2D eigenvalue weighted by atomic mass is 16.5. The van der Waals surface area contributed by atoms with Crippen molar-refractivity contribution in [2.24, 2.45) is 0 Å². The third kappa shape index (κ3) is 4.03. The second-order valence-electron chi connectivity index (χ2n) is 8.65. The average molecular weight is 409 g/mol. The molecule has 1 aliphatic heterocycles. The maximum absolute atomic E-state index is 12.5. The molecule has 2 atom stereocenters. The summed E-state index contributed by atoms with van der Waals surface area (Å²) in [5.41, 5.74) is 4.57. The molecule has 2 aromatic rings. The van der Waals surface area contributed by atoms with Gasteiger partial charge in [0.2, 0.25) is 11.8 Å². The fourth-order valence-electron chi connectivity index (χ4n) is 4.29. The topological polar surface area (TPSA) is 83.6 Å². The first kappa shape index (κ1) is 20.3. The van der Waals surface area contributed by atoms with Crippen molar-refractivity contribution in [2.75, 3.05) is 25.6 Å². The number of benzene rings is 1. The standard InChI is InChI=1S/C23H28N4O3/c1-23(2)18-7-5-4-6-15(18)10-20(23)25-16-8-9-17(24-11-16)12-27(3)22(29)19-13-30-14-21(28)26-19/h4-9,11,19-20,25H,10,12-14H2,1-3H3,(H,26,28). The number of morpholine rings is 1. The molecule has 1 fully saturated rings. The number of ether oxygens (including phenoxy) is 1. The lowest BCUT2D eigenvalue weighted by atomic mass is 9.83. The first-order valence-electron chi connectivity index (χ1n) is 10.3. The molecule has 30 heavy (non-hydrogen) atoms. The predicted octanol–water partition coefficient (Wildman–Crippen LogP) is 1.87. The van der Waals surface area contributed by atoms with E-state index in [2.05, 4.69) is 53.7 Å². The number of carbonyl (C=O) groups excluding carboxylic acids is 2. The highest BCUT2D eigenvalue weighted by Gasteiger charge is 2.39. The van der Waals surface area contributed by atoms with Crippen LogP contribution in [-0.2, 0) is 32.7 Å². The van der Waals surface area contributed by atoms with Gasteiger partial charge in [-0.15, -0.1) is 0 Å². The van der Waals surface area contributed by atoms with Crippen LogP contribution < -0.4 is 10.6 Å². The SMILES string of the molecule is CN(Cc1ccc(NC2Cc3ccccc3C2(C)C)cn1)C(=O)C1COCC(=O)N1. The summed E-state index contributed by atoms with van der Waals surface area (Å²) in [6, 6.07) is 12.2. The average Bonchev–Trinajstić information content (AvgIpc) is 2.99. The number of fused-ring (bicyclic) bond motifs is 1. The van der Waals surface area contributed by atoms with Crippen LogP contribution in [0, 0.1) is 0 Å². The van der Waals surface area contributed by atoms with Crippen LogP contribution in [0.3, 0.4) is 0 Å². The van der Waals surface area contributed by atoms with E-state index < -0.39 is 6.04 Å². The monoisotopic (exact) mass is 408 g/mol. The number of nitrogens with zero attached hydrogens (tertiary/aromatic N) is 2. The van der Waals surface area contributed by atoms with Gasteiger partial charge in [0.15, 0.2) is 0 Å². The molecule has 2 unspecified atom stereocenters. The third-order valence-corrected chi connectivity index (χ3v) is 6.10.